The number of nitrogens with one attached hydrogen (secondary N) is 1. The largest absolute Gasteiger partial charge is 0.497 e. The van der Waals surface area contributed by atoms with Gasteiger partial charge < -0.3 is 19.4 Å². The van der Waals surface area contributed by atoms with Crippen LogP contribution < -0.4 is 14.8 Å². The van der Waals surface area contributed by atoms with Crippen molar-refractivity contribution in [3.63, 3.8) is 0 Å². The van der Waals surface area contributed by atoms with Gasteiger partial charge in [-0.15, -0.1) is 0 Å². The number of benzene rings is 2. The van der Waals surface area contributed by atoms with Gasteiger partial charge in [0.05, 0.1) is 35.8 Å². The summed E-state index contributed by atoms with van der Waals surface area (Å²) in [5.74, 6) is 2.57. The number of fused-ring (bicyclic) bond motifs is 2. The average molecular weight is 511 g/mol. The highest BCUT2D eigenvalue weighted by Crippen LogP contribution is 2.39. The first-order valence-electron chi connectivity index (χ1n) is 12.6. The fourth-order valence-electron chi connectivity index (χ4n) is 4.89. The van der Waals surface area contributed by atoms with Gasteiger partial charge in [-0.1, -0.05) is 0 Å². The zero-order chi connectivity index (χ0) is 26.1. The molecule has 0 radical (unpaired) electrons. The van der Waals surface area contributed by atoms with Gasteiger partial charge in [-0.2, -0.15) is 0 Å². The molecule has 8 nitrogen and oxygen atoms in total. The third kappa shape index (κ3) is 4.51. The van der Waals surface area contributed by atoms with Gasteiger partial charge in [-0.25, -0.2) is 24.3 Å². The first-order chi connectivity index (χ1) is 18.6. The molecule has 0 amide bonds. The minimum atomic E-state index is -0.286. The Balaban J connectivity index is 1.35. The zero-order valence-electron chi connectivity index (χ0n) is 21.2. The summed E-state index contributed by atoms with van der Waals surface area (Å²) in [6, 6.07) is 18.0. The first kappa shape index (κ1) is 23.8. The van der Waals surface area contributed by atoms with E-state index in [1.807, 2.05) is 43.3 Å². The Kier molecular flexibility index (Phi) is 6.33. The number of rotatable bonds is 8. The predicted octanol–water partition coefficient (Wildman–Crippen LogP) is 5.70. The van der Waals surface area contributed by atoms with Crippen molar-refractivity contribution in [1.82, 2.24) is 24.5 Å². The van der Waals surface area contributed by atoms with Crippen LogP contribution in [0.4, 0.5) is 10.3 Å². The Morgan fingerprint density at radius 3 is 2.71 bits per heavy atom. The zero-order valence-corrected chi connectivity index (χ0v) is 21.2. The lowest BCUT2D eigenvalue weighted by Gasteiger charge is -2.18. The van der Waals surface area contributed by atoms with Gasteiger partial charge in [0.1, 0.15) is 24.0 Å². The van der Waals surface area contributed by atoms with E-state index in [-0.39, 0.29) is 11.9 Å². The third-order valence-corrected chi connectivity index (χ3v) is 6.70. The topological polar surface area (TPSA) is 87.0 Å². The highest BCUT2D eigenvalue weighted by Gasteiger charge is 2.31. The van der Waals surface area contributed by atoms with Gasteiger partial charge in [0.25, 0.3) is 0 Å². The van der Waals surface area contributed by atoms with E-state index in [4.69, 9.17) is 19.4 Å². The number of aryl methyl sites for hydroxylation is 1. The monoisotopic (exact) mass is 510 g/mol. The minimum absolute atomic E-state index is 0.0348. The molecule has 9 heteroatoms. The fourth-order valence-corrected chi connectivity index (χ4v) is 4.89. The molecule has 6 rings (SSSR count). The van der Waals surface area contributed by atoms with Gasteiger partial charge in [-0.05, 0) is 67.9 Å². The molecule has 5 aromatic rings. The van der Waals surface area contributed by atoms with E-state index < -0.39 is 0 Å². The van der Waals surface area contributed by atoms with E-state index >= 15 is 0 Å². The molecule has 2 aromatic carbocycles. The van der Waals surface area contributed by atoms with Crippen molar-refractivity contribution in [2.75, 3.05) is 25.6 Å². The molecule has 1 atom stereocenters. The summed E-state index contributed by atoms with van der Waals surface area (Å²) in [7, 11) is 1.65. The van der Waals surface area contributed by atoms with Crippen LogP contribution in [0, 0.1) is 5.82 Å². The van der Waals surface area contributed by atoms with Crippen molar-refractivity contribution in [3.05, 3.63) is 78.5 Å². The van der Waals surface area contributed by atoms with E-state index in [0.29, 0.717) is 25.0 Å². The number of halogens is 1. The SMILES string of the molecule is CCNc1nccc(-c2c(-c3ccc(F)cc3)nc3n2C(COc2ccc4cc(OC)ccc4n2)CC3)n1. The van der Waals surface area contributed by atoms with E-state index in [1.54, 1.807) is 25.4 Å². The summed E-state index contributed by atoms with van der Waals surface area (Å²) < 4.78 is 27.4. The number of pyridine rings is 1. The summed E-state index contributed by atoms with van der Waals surface area (Å²) in [6.07, 6.45) is 3.43. The van der Waals surface area contributed by atoms with Crippen molar-refractivity contribution >= 4 is 16.9 Å². The Morgan fingerprint density at radius 1 is 1.03 bits per heavy atom. The number of anilines is 1. The normalized spacial score (nSPS) is 14.4. The second kappa shape index (κ2) is 10.1. The van der Waals surface area contributed by atoms with Crippen molar-refractivity contribution in [3.8, 4) is 34.3 Å². The third-order valence-electron chi connectivity index (χ3n) is 6.70. The van der Waals surface area contributed by atoms with Crippen molar-refractivity contribution in [1.29, 1.82) is 0 Å². The van der Waals surface area contributed by atoms with Crippen LogP contribution in [0.2, 0.25) is 0 Å². The molecule has 192 valence electrons. The smallest absolute Gasteiger partial charge is 0.223 e. The maximum absolute atomic E-state index is 13.7. The lowest BCUT2D eigenvalue weighted by atomic mass is 10.1. The maximum Gasteiger partial charge on any atom is 0.223 e. The molecule has 0 fully saturated rings. The van der Waals surface area contributed by atoms with Gasteiger partial charge in [0, 0.05) is 36.2 Å². The van der Waals surface area contributed by atoms with Crippen LogP contribution in [0.1, 0.15) is 25.2 Å². The second-order valence-electron chi connectivity index (χ2n) is 9.11. The lowest BCUT2D eigenvalue weighted by Crippen LogP contribution is -2.16. The Hall–Kier alpha value is -4.53. The number of hydrogen-bond donors (Lipinski definition) is 1. The van der Waals surface area contributed by atoms with Gasteiger partial charge >= 0.3 is 0 Å². The summed E-state index contributed by atoms with van der Waals surface area (Å²) in [6.45, 7) is 3.14. The van der Waals surface area contributed by atoms with Crippen LogP contribution in [0.25, 0.3) is 33.5 Å². The molecule has 1 unspecified atom stereocenters. The van der Waals surface area contributed by atoms with E-state index in [1.165, 1.54) is 12.1 Å². The molecular formula is C29H27FN6O2. The molecule has 38 heavy (non-hydrogen) atoms. The highest BCUT2D eigenvalue weighted by atomic mass is 19.1. The maximum atomic E-state index is 13.7. The molecule has 4 heterocycles. The van der Waals surface area contributed by atoms with Crippen LogP contribution >= 0.6 is 0 Å². The first-order valence-corrected chi connectivity index (χ1v) is 12.6. The second-order valence-corrected chi connectivity index (χ2v) is 9.11. The molecule has 1 aliphatic heterocycles. The minimum Gasteiger partial charge on any atom is -0.497 e. The van der Waals surface area contributed by atoms with E-state index in [2.05, 4.69) is 19.9 Å². The van der Waals surface area contributed by atoms with Crippen molar-refractivity contribution in [2.45, 2.75) is 25.8 Å². The number of imidazole rings is 1. The molecule has 0 bridgehead atoms. The average Bonchev–Trinajstić information content (AvgIpc) is 3.52. The molecule has 0 saturated heterocycles. The molecular weight excluding hydrogens is 483 g/mol. The standard InChI is InChI=1S/C29H27FN6O2/c1-3-31-29-32-15-14-24(34-29)28-27(18-4-7-20(30)8-5-18)35-25-12-9-21(36(25)28)17-38-26-13-6-19-16-22(37-2)10-11-23(19)33-26/h4-8,10-11,13-16,21H,3,9,12,17H2,1-2H3,(H,31,32,34). The summed E-state index contributed by atoms with van der Waals surface area (Å²) >= 11 is 0. The van der Waals surface area contributed by atoms with Gasteiger partial charge in [0.2, 0.25) is 11.8 Å². The van der Waals surface area contributed by atoms with Crippen LogP contribution in [0.3, 0.4) is 0 Å². The van der Waals surface area contributed by atoms with Crippen LogP contribution in [-0.2, 0) is 6.42 Å². The van der Waals surface area contributed by atoms with Crippen LogP contribution in [-0.4, -0.2) is 44.8 Å². The fraction of sp³-hybridized carbons (Fsp3) is 0.241. The Labute approximate surface area is 219 Å². The van der Waals surface area contributed by atoms with Crippen LogP contribution in [0.5, 0.6) is 11.6 Å². The predicted molar refractivity (Wildman–Crippen MR) is 144 cm³/mol. The number of nitrogens with zero attached hydrogens (tertiary/aromatic N) is 5. The summed E-state index contributed by atoms with van der Waals surface area (Å²) in [5, 5.41) is 4.17. The molecule has 1 aliphatic rings. The Morgan fingerprint density at radius 2 is 1.89 bits per heavy atom. The van der Waals surface area contributed by atoms with Crippen molar-refractivity contribution in [2.24, 2.45) is 0 Å². The molecule has 1 N–H and O–H groups in total. The lowest BCUT2D eigenvalue weighted by molar-refractivity contribution is 0.248. The highest BCUT2D eigenvalue weighted by molar-refractivity contribution is 5.81. The molecule has 0 aliphatic carbocycles. The van der Waals surface area contributed by atoms with Crippen molar-refractivity contribution < 1.29 is 13.9 Å². The van der Waals surface area contributed by atoms with Crippen LogP contribution in [0.15, 0.2) is 66.9 Å². The van der Waals surface area contributed by atoms with E-state index in [9.17, 15) is 4.39 Å². The molecule has 0 spiro atoms. The number of methoxy groups -OCH3 is 1. The summed E-state index contributed by atoms with van der Waals surface area (Å²) in [5.41, 5.74) is 4.06. The Bertz CT molecular complexity index is 1600. The molecule has 0 saturated carbocycles. The quantitative estimate of drug-likeness (QED) is 0.286. The van der Waals surface area contributed by atoms with E-state index in [0.717, 1.165) is 58.0 Å². The number of ether oxygens (including phenoxy) is 2. The summed E-state index contributed by atoms with van der Waals surface area (Å²) in [4.78, 5) is 18.8. The number of aromatic nitrogens is 5. The molecule has 3 aromatic heterocycles. The van der Waals surface area contributed by atoms with Gasteiger partial charge in [-0.3, -0.25) is 0 Å². The van der Waals surface area contributed by atoms with Gasteiger partial charge in [0.15, 0.2) is 0 Å². The number of hydrogen-bond acceptors (Lipinski definition) is 7.